The summed E-state index contributed by atoms with van der Waals surface area (Å²) >= 11 is 5.03. The number of nitrogens with zero attached hydrogens (tertiary/aromatic N) is 2. The number of nitrogens with one attached hydrogen (secondary N) is 2. The molecule has 0 unspecified atom stereocenters. The Morgan fingerprint density at radius 1 is 1.14 bits per heavy atom. The normalized spacial score (nSPS) is 10.9. The van der Waals surface area contributed by atoms with Gasteiger partial charge >= 0.3 is 0 Å². The summed E-state index contributed by atoms with van der Waals surface area (Å²) < 4.78 is 0.983. The van der Waals surface area contributed by atoms with Gasteiger partial charge in [0.05, 0.1) is 16.3 Å². The minimum Gasteiger partial charge on any atom is -0.347 e. The van der Waals surface area contributed by atoms with Crippen molar-refractivity contribution in [1.29, 1.82) is 0 Å². The van der Waals surface area contributed by atoms with E-state index in [9.17, 15) is 4.79 Å². The van der Waals surface area contributed by atoms with Gasteiger partial charge in [-0.3, -0.25) is 9.89 Å². The minimum absolute atomic E-state index is 0.214. The number of hydrogen-bond donors (Lipinski definition) is 2. The Kier molecular flexibility index (Phi) is 5.60. The lowest BCUT2D eigenvalue weighted by Crippen LogP contribution is -2.23. The Morgan fingerprint density at radius 3 is 2.76 bits per heavy atom. The number of thiazole rings is 1. The number of carbonyl (C=O) groups is 1. The zero-order valence-electron chi connectivity index (χ0n) is 16.0. The monoisotopic (exact) mass is 466 g/mol. The summed E-state index contributed by atoms with van der Waals surface area (Å²) in [7, 11) is 0. The van der Waals surface area contributed by atoms with Crippen LogP contribution in [0.1, 0.15) is 27.3 Å². The van der Waals surface area contributed by atoms with Crippen molar-refractivity contribution in [2.75, 3.05) is 0 Å². The number of halogens is 1. The van der Waals surface area contributed by atoms with Crippen LogP contribution in [0.15, 0.2) is 59.1 Å². The first-order chi connectivity index (χ1) is 14.0. The van der Waals surface area contributed by atoms with Gasteiger partial charge in [0.2, 0.25) is 0 Å². The maximum absolute atomic E-state index is 12.5. The molecular weight excluding hydrogens is 448 g/mol. The van der Waals surface area contributed by atoms with Crippen LogP contribution in [0, 0.1) is 13.8 Å². The first-order valence-corrected chi connectivity index (χ1v) is 10.7. The molecule has 4 rings (SSSR count). The van der Waals surface area contributed by atoms with Gasteiger partial charge in [0.25, 0.3) is 5.91 Å². The summed E-state index contributed by atoms with van der Waals surface area (Å²) in [4.78, 5) is 18.2. The lowest BCUT2D eigenvalue weighted by atomic mass is 10.1. The van der Waals surface area contributed by atoms with Crippen molar-refractivity contribution in [1.82, 2.24) is 20.5 Å². The van der Waals surface area contributed by atoms with E-state index in [1.54, 1.807) is 17.4 Å². The van der Waals surface area contributed by atoms with E-state index >= 15 is 0 Å². The molecule has 5 nitrogen and oxygen atoms in total. The van der Waals surface area contributed by atoms with E-state index in [4.69, 9.17) is 4.98 Å². The average Bonchev–Trinajstić information content (AvgIpc) is 3.33. The number of hydrogen-bond acceptors (Lipinski definition) is 4. The SMILES string of the molecule is Cc1cccc(-c2nc(C)c(-c3cc(C(=O)NCc4cccc(Br)c4)n[nH]3)s2)c1. The molecule has 2 aromatic heterocycles. The summed E-state index contributed by atoms with van der Waals surface area (Å²) in [6.07, 6.45) is 0. The van der Waals surface area contributed by atoms with Gasteiger partial charge in [-0.05, 0) is 43.7 Å². The fraction of sp³-hybridized carbons (Fsp3) is 0.136. The molecule has 0 saturated heterocycles. The van der Waals surface area contributed by atoms with Gasteiger partial charge in [0, 0.05) is 16.6 Å². The lowest BCUT2D eigenvalue weighted by Gasteiger charge is -2.03. The molecule has 0 radical (unpaired) electrons. The number of aromatic nitrogens is 3. The number of H-pyrrole nitrogens is 1. The van der Waals surface area contributed by atoms with E-state index in [1.165, 1.54) is 5.56 Å². The largest absolute Gasteiger partial charge is 0.347 e. The highest BCUT2D eigenvalue weighted by molar-refractivity contribution is 9.10. The van der Waals surface area contributed by atoms with E-state index in [1.807, 2.05) is 37.3 Å². The smallest absolute Gasteiger partial charge is 0.272 e. The van der Waals surface area contributed by atoms with Gasteiger partial charge in [0.1, 0.15) is 5.01 Å². The second-order valence-electron chi connectivity index (χ2n) is 6.78. The van der Waals surface area contributed by atoms with Gasteiger partial charge in [-0.1, -0.05) is 51.8 Å². The van der Waals surface area contributed by atoms with Crippen LogP contribution in [0.25, 0.3) is 21.1 Å². The van der Waals surface area contributed by atoms with E-state index < -0.39 is 0 Å². The van der Waals surface area contributed by atoms with Gasteiger partial charge in [0.15, 0.2) is 5.69 Å². The van der Waals surface area contributed by atoms with E-state index in [0.29, 0.717) is 12.2 Å². The fourth-order valence-corrected chi connectivity index (χ4v) is 4.50. The molecule has 0 aliphatic rings. The molecular formula is C22H19BrN4OS. The summed E-state index contributed by atoms with van der Waals surface area (Å²) in [6, 6.07) is 17.9. The van der Waals surface area contributed by atoms with Crippen LogP contribution >= 0.6 is 27.3 Å². The molecule has 2 N–H and O–H groups in total. The molecule has 0 saturated carbocycles. The number of carbonyl (C=O) groups excluding carboxylic acids is 1. The number of amides is 1. The standard InChI is InChI=1S/C22H19BrN4OS/c1-13-5-3-7-16(9-13)22-25-14(2)20(29-22)18-11-19(27-26-18)21(28)24-12-15-6-4-8-17(23)10-15/h3-11H,12H2,1-2H3,(H,24,28)(H,26,27). The Morgan fingerprint density at radius 2 is 1.97 bits per heavy atom. The van der Waals surface area contributed by atoms with E-state index in [0.717, 1.165) is 36.9 Å². The van der Waals surface area contributed by atoms with Crippen LogP contribution in [0.3, 0.4) is 0 Å². The van der Waals surface area contributed by atoms with Crippen molar-refractivity contribution in [3.05, 3.63) is 81.6 Å². The molecule has 4 aromatic rings. The third-order valence-corrected chi connectivity index (χ3v) is 6.19. The van der Waals surface area contributed by atoms with Gasteiger partial charge in [-0.25, -0.2) is 4.98 Å². The van der Waals surface area contributed by atoms with Gasteiger partial charge < -0.3 is 5.32 Å². The summed E-state index contributed by atoms with van der Waals surface area (Å²) in [5.41, 5.74) is 5.38. The topological polar surface area (TPSA) is 70.7 Å². The number of aromatic amines is 1. The van der Waals surface area contributed by atoms with Crippen molar-refractivity contribution in [3.8, 4) is 21.1 Å². The minimum atomic E-state index is -0.214. The third kappa shape index (κ3) is 4.46. The molecule has 0 spiro atoms. The van der Waals surface area contributed by atoms with Gasteiger partial charge in [-0.15, -0.1) is 11.3 Å². The fourth-order valence-electron chi connectivity index (χ4n) is 3.02. The highest BCUT2D eigenvalue weighted by Gasteiger charge is 2.16. The average molecular weight is 467 g/mol. The van der Waals surface area contributed by atoms with E-state index in [-0.39, 0.29) is 5.91 Å². The molecule has 0 fully saturated rings. The first kappa shape index (κ1) is 19.5. The quantitative estimate of drug-likeness (QED) is 0.407. The molecule has 7 heteroatoms. The van der Waals surface area contributed by atoms with Crippen molar-refractivity contribution >= 4 is 33.2 Å². The maximum atomic E-state index is 12.5. The van der Waals surface area contributed by atoms with Crippen molar-refractivity contribution in [2.45, 2.75) is 20.4 Å². The molecule has 2 heterocycles. The maximum Gasteiger partial charge on any atom is 0.272 e. The van der Waals surface area contributed by atoms with Gasteiger partial charge in [-0.2, -0.15) is 5.10 Å². The third-order valence-electron chi connectivity index (χ3n) is 4.46. The van der Waals surface area contributed by atoms with Crippen LogP contribution in [0.2, 0.25) is 0 Å². The van der Waals surface area contributed by atoms with Crippen LogP contribution < -0.4 is 5.32 Å². The second-order valence-corrected chi connectivity index (χ2v) is 8.70. The zero-order valence-corrected chi connectivity index (χ0v) is 18.4. The molecule has 0 bridgehead atoms. The highest BCUT2D eigenvalue weighted by atomic mass is 79.9. The van der Waals surface area contributed by atoms with Crippen LogP contribution in [-0.2, 0) is 6.54 Å². The Labute approximate surface area is 181 Å². The second kappa shape index (κ2) is 8.31. The first-order valence-electron chi connectivity index (χ1n) is 9.12. The van der Waals surface area contributed by atoms with Crippen LogP contribution in [0.4, 0.5) is 0 Å². The lowest BCUT2D eigenvalue weighted by molar-refractivity contribution is 0.0946. The van der Waals surface area contributed by atoms with Crippen molar-refractivity contribution < 1.29 is 4.79 Å². The molecule has 0 atom stereocenters. The van der Waals surface area contributed by atoms with Crippen LogP contribution in [-0.4, -0.2) is 21.1 Å². The predicted octanol–water partition coefficient (Wildman–Crippen LogP) is 5.51. The van der Waals surface area contributed by atoms with Crippen LogP contribution in [0.5, 0.6) is 0 Å². The Balaban J connectivity index is 1.51. The molecule has 0 aliphatic heterocycles. The molecule has 2 aromatic carbocycles. The summed E-state index contributed by atoms with van der Waals surface area (Å²) in [6.45, 7) is 4.48. The summed E-state index contributed by atoms with van der Waals surface area (Å²) in [5, 5.41) is 11.0. The number of rotatable bonds is 5. The molecule has 0 aliphatic carbocycles. The zero-order chi connectivity index (χ0) is 20.4. The number of aryl methyl sites for hydroxylation is 2. The summed E-state index contributed by atoms with van der Waals surface area (Å²) in [5.74, 6) is -0.214. The molecule has 146 valence electrons. The number of benzene rings is 2. The Bertz CT molecular complexity index is 1180. The molecule has 1 amide bonds. The molecule has 29 heavy (non-hydrogen) atoms. The Hall–Kier alpha value is -2.77. The van der Waals surface area contributed by atoms with Crippen molar-refractivity contribution in [2.24, 2.45) is 0 Å². The predicted molar refractivity (Wildman–Crippen MR) is 120 cm³/mol. The van der Waals surface area contributed by atoms with E-state index in [2.05, 4.69) is 56.6 Å². The van der Waals surface area contributed by atoms with Crippen molar-refractivity contribution in [3.63, 3.8) is 0 Å². The highest BCUT2D eigenvalue weighted by Crippen LogP contribution is 2.34.